The first kappa shape index (κ1) is 15.5. The maximum Gasteiger partial charge on any atom is 0.315 e. The van der Waals surface area contributed by atoms with Crippen molar-refractivity contribution in [3.8, 4) is 11.5 Å². The van der Waals surface area contributed by atoms with Gasteiger partial charge in [-0.3, -0.25) is 0 Å². The van der Waals surface area contributed by atoms with Crippen LogP contribution >= 0.6 is 0 Å². The van der Waals surface area contributed by atoms with E-state index in [0.717, 1.165) is 0 Å². The second-order valence-corrected chi connectivity index (χ2v) is 5.56. The predicted molar refractivity (Wildman–Crippen MR) is 81.8 cm³/mol. The molecule has 1 aliphatic rings. The molecule has 0 radical (unpaired) electrons. The number of rotatable bonds is 7. The summed E-state index contributed by atoms with van der Waals surface area (Å²) < 4.78 is 11.0. The molecule has 1 aliphatic carbocycles. The van der Waals surface area contributed by atoms with Crippen molar-refractivity contribution >= 4 is 6.03 Å². The molecule has 21 heavy (non-hydrogen) atoms. The second kappa shape index (κ2) is 7.20. The van der Waals surface area contributed by atoms with E-state index >= 15 is 0 Å². The summed E-state index contributed by atoms with van der Waals surface area (Å²) >= 11 is 0. The average Bonchev–Trinajstić information content (AvgIpc) is 3.30. The third kappa shape index (κ3) is 4.85. The number of carbonyl (C=O) groups is 1. The van der Waals surface area contributed by atoms with E-state index in [1.807, 2.05) is 38.1 Å². The van der Waals surface area contributed by atoms with E-state index in [9.17, 15) is 4.79 Å². The van der Waals surface area contributed by atoms with Crippen LogP contribution in [0.4, 0.5) is 4.79 Å². The minimum atomic E-state index is -0.136. The number of ether oxygens (including phenoxy) is 2. The molecule has 0 aromatic heterocycles. The van der Waals surface area contributed by atoms with Crippen molar-refractivity contribution in [2.24, 2.45) is 5.92 Å². The van der Waals surface area contributed by atoms with Crippen LogP contribution in [-0.4, -0.2) is 31.8 Å². The molecule has 0 unspecified atom stereocenters. The molecule has 0 aliphatic heterocycles. The fourth-order valence-electron chi connectivity index (χ4n) is 2.18. The molecule has 5 heteroatoms. The quantitative estimate of drug-likeness (QED) is 0.812. The first-order chi connectivity index (χ1) is 10.1. The molecule has 0 spiro atoms. The fraction of sp³-hybridized carbons (Fsp3) is 0.562. The minimum Gasteiger partial charge on any atom is -0.493 e. The molecule has 2 amide bonds. The molecule has 0 heterocycles. The van der Waals surface area contributed by atoms with E-state index in [4.69, 9.17) is 9.47 Å². The van der Waals surface area contributed by atoms with Gasteiger partial charge >= 0.3 is 6.03 Å². The van der Waals surface area contributed by atoms with E-state index in [1.54, 1.807) is 7.11 Å². The summed E-state index contributed by atoms with van der Waals surface area (Å²) in [6.45, 7) is 4.41. The Morgan fingerprint density at radius 2 is 1.95 bits per heavy atom. The smallest absolute Gasteiger partial charge is 0.315 e. The van der Waals surface area contributed by atoms with Crippen molar-refractivity contribution in [1.29, 1.82) is 0 Å². The molecular weight excluding hydrogens is 268 g/mol. The topological polar surface area (TPSA) is 59.6 Å². The van der Waals surface area contributed by atoms with Gasteiger partial charge in [0.1, 0.15) is 6.10 Å². The van der Waals surface area contributed by atoms with Gasteiger partial charge in [-0.05, 0) is 44.7 Å². The Hall–Kier alpha value is -1.91. The predicted octanol–water partition coefficient (Wildman–Crippen LogP) is 2.56. The van der Waals surface area contributed by atoms with E-state index < -0.39 is 0 Å². The maximum atomic E-state index is 11.8. The normalized spacial score (nSPS) is 16.7. The number of amides is 2. The lowest BCUT2D eigenvalue weighted by Crippen LogP contribution is -2.44. The Balaban J connectivity index is 1.73. The van der Waals surface area contributed by atoms with Crippen molar-refractivity contribution < 1.29 is 14.3 Å². The highest BCUT2D eigenvalue weighted by Gasteiger charge is 2.28. The summed E-state index contributed by atoms with van der Waals surface area (Å²) in [4.78, 5) is 11.8. The third-order valence-electron chi connectivity index (χ3n) is 3.64. The molecule has 2 atom stereocenters. The molecule has 1 fully saturated rings. The summed E-state index contributed by atoms with van der Waals surface area (Å²) in [6, 6.07) is 7.59. The molecule has 5 nitrogen and oxygen atoms in total. The van der Waals surface area contributed by atoms with Gasteiger partial charge in [-0.1, -0.05) is 12.1 Å². The second-order valence-electron chi connectivity index (χ2n) is 5.56. The van der Waals surface area contributed by atoms with Gasteiger partial charge in [0.2, 0.25) is 0 Å². The molecule has 1 aromatic carbocycles. The SMILES string of the molecule is COc1ccccc1O[C@@H](C)CNC(=O)N[C@H](C)C1CC1. The molecular formula is C16H24N2O3. The zero-order valence-corrected chi connectivity index (χ0v) is 12.9. The molecule has 2 N–H and O–H groups in total. The van der Waals surface area contributed by atoms with Crippen molar-refractivity contribution in [3.63, 3.8) is 0 Å². The van der Waals surface area contributed by atoms with E-state index in [1.165, 1.54) is 12.8 Å². The minimum absolute atomic E-state index is 0.134. The number of methoxy groups -OCH3 is 1. The number of hydrogen-bond donors (Lipinski definition) is 2. The highest BCUT2D eigenvalue weighted by Crippen LogP contribution is 2.32. The summed E-state index contributed by atoms with van der Waals surface area (Å²) in [5.74, 6) is 2.02. The van der Waals surface area contributed by atoms with Gasteiger partial charge in [0.05, 0.1) is 13.7 Å². The van der Waals surface area contributed by atoms with Gasteiger partial charge < -0.3 is 20.1 Å². The number of para-hydroxylation sites is 2. The maximum absolute atomic E-state index is 11.8. The summed E-state index contributed by atoms with van der Waals surface area (Å²) in [7, 11) is 1.61. The van der Waals surface area contributed by atoms with Gasteiger partial charge in [0.15, 0.2) is 11.5 Å². The van der Waals surface area contributed by atoms with E-state index in [-0.39, 0.29) is 18.2 Å². The van der Waals surface area contributed by atoms with Gasteiger partial charge in [0.25, 0.3) is 0 Å². The zero-order valence-electron chi connectivity index (χ0n) is 12.9. The Labute approximate surface area is 126 Å². The van der Waals surface area contributed by atoms with Gasteiger partial charge in [-0.15, -0.1) is 0 Å². The summed E-state index contributed by atoms with van der Waals surface area (Å²) in [6.07, 6.45) is 2.30. The summed E-state index contributed by atoms with van der Waals surface area (Å²) in [5, 5.41) is 5.79. The Morgan fingerprint density at radius 1 is 1.29 bits per heavy atom. The lowest BCUT2D eigenvalue weighted by Gasteiger charge is -2.18. The molecule has 0 saturated heterocycles. The van der Waals surface area contributed by atoms with Crippen LogP contribution in [-0.2, 0) is 0 Å². The van der Waals surface area contributed by atoms with Crippen molar-refractivity contribution in [2.45, 2.75) is 38.8 Å². The number of benzene rings is 1. The monoisotopic (exact) mass is 292 g/mol. The van der Waals surface area contributed by atoms with Crippen LogP contribution in [0, 0.1) is 5.92 Å². The Bertz CT molecular complexity index is 474. The van der Waals surface area contributed by atoms with Crippen LogP contribution in [0.2, 0.25) is 0 Å². The number of urea groups is 1. The Kier molecular flexibility index (Phi) is 5.31. The first-order valence-electron chi connectivity index (χ1n) is 7.44. The Morgan fingerprint density at radius 3 is 2.57 bits per heavy atom. The van der Waals surface area contributed by atoms with Gasteiger partial charge in [-0.2, -0.15) is 0 Å². The van der Waals surface area contributed by atoms with Crippen LogP contribution in [0.15, 0.2) is 24.3 Å². The van der Waals surface area contributed by atoms with Crippen molar-refractivity contribution in [3.05, 3.63) is 24.3 Å². The number of carbonyl (C=O) groups excluding carboxylic acids is 1. The summed E-state index contributed by atoms with van der Waals surface area (Å²) in [5.41, 5.74) is 0. The van der Waals surface area contributed by atoms with Crippen LogP contribution in [0.3, 0.4) is 0 Å². The molecule has 1 aromatic rings. The lowest BCUT2D eigenvalue weighted by atomic mass is 10.2. The van der Waals surface area contributed by atoms with E-state index in [2.05, 4.69) is 10.6 Å². The number of nitrogens with one attached hydrogen (secondary N) is 2. The van der Waals surface area contributed by atoms with Crippen LogP contribution in [0.5, 0.6) is 11.5 Å². The van der Waals surface area contributed by atoms with Gasteiger partial charge in [0, 0.05) is 6.04 Å². The van der Waals surface area contributed by atoms with Crippen LogP contribution in [0.25, 0.3) is 0 Å². The first-order valence-corrected chi connectivity index (χ1v) is 7.44. The third-order valence-corrected chi connectivity index (χ3v) is 3.64. The van der Waals surface area contributed by atoms with Crippen LogP contribution < -0.4 is 20.1 Å². The standard InChI is InChI=1S/C16H24N2O3/c1-11(21-15-7-5-4-6-14(15)20-3)10-17-16(19)18-12(2)13-8-9-13/h4-7,11-13H,8-10H2,1-3H3,(H2,17,18,19)/t11-,12+/m0/s1. The average molecular weight is 292 g/mol. The van der Waals surface area contributed by atoms with E-state index in [0.29, 0.717) is 24.0 Å². The zero-order chi connectivity index (χ0) is 15.2. The molecule has 0 bridgehead atoms. The molecule has 1 saturated carbocycles. The van der Waals surface area contributed by atoms with Crippen molar-refractivity contribution in [1.82, 2.24) is 10.6 Å². The van der Waals surface area contributed by atoms with Crippen molar-refractivity contribution in [2.75, 3.05) is 13.7 Å². The highest BCUT2D eigenvalue weighted by atomic mass is 16.5. The highest BCUT2D eigenvalue weighted by molar-refractivity contribution is 5.74. The van der Waals surface area contributed by atoms with Gasteiger partial charge in [-0.25, -0.2) is 4.79 Å². The fourth-order valence-corrected chi connectivity index (χ4v) is 2.18. The lowest BCUT2D eigenvalue weighted by molar-refractivity contribution is 0.200. The largest absolute Gasteiger partial charge is 0.493 e. The number of hydrogen-bond acceptors (Lipinski definition) is 3. The molecule has 116 valence electrons. The molecule has 2 rings (SSSR count). The van der Waals surface area contributed by atoms with Crippen LogP contribution in [0.1, 0.15) is 26.7 Å².